The maximum absolute atomic E-state index is 10.0. The van der Waals surface area contributed by atoms with Gasteiger partial charge in [0.2, 0.25) is 0 Å². The standard InChI is InChI=1S/C19H18O3/c1-13(2)3-10-18-15(11-17(21)12-19(18)22)7-4-14-5-8-16(20)9-6-14/h3-12,20-22H,1H2,2H3/b7-4+,10-3?. The fourth-order valence-electron chi connectivity index (χ4n) is 1.96. The van der Waals surface area contributed by atoms with Crippen LogP contribution in [-0.2, 0) is 0 Å². The Morgan fingerprint density at radius 2 is 1.59 bits per heavy atom. The van der Waals surface area contributed by atoms with Crippen LogP contribution in [0.25, 0.3) is 18.2 Å². The number of phenols is 3. The van der Waals surface area contributed by atoms with E-state index in [4.69, 9.17) is 0 Å². The van der Waals surface area contributed by atoms with E-state index in [1.165, 1.54) is 6.07 Å². The number of phenolic OH excluding ortho intramolecular Hbond substituents is 3. The molecule has 0 aromatic heterocycles. The summed E-state index contributed by atoms with van der Waals surface area (Å²) >= 11 is 0. The molecule has 3 nitrogen and oxygen atoms in total. The molecule has 0 aliphatic rings. The van der Waals surface area contributed by atoms with Crippen LogP contribution in [-0.4, -0.2) is 15.3 Å². The number of hydrogen-bond donors (Lipinski definition) is 3. The summed E-state index contributed by atoms with van der Waals surface area (Å²) in [5, 5.41) is 28.9. The molecule has 0 heterocycles. The molecule has 0 aliphatic heterocycles. The van der Waals surface area contributed by atoms with Gasteiger partial charge in [-0.05, 0) is 36.2 Å². The van der Waals surface area contributed by atoms with Gasteiger partial charge in [0.15, 0.2) is 0 Å². The van der Waals surface area contributed by atoms with Crippen molar-refractivity contribution in [1.29, 1.82) is 0 Å². The van der Waals surface area contributed by atoms with Gasteiger partial charge in [-0.1, -0.05) is 48.6 Å². The first-order chi connectivity index (χ1) is 10.5. The summed E-state index contributed by atoms with van der Waals surface area (Å²) < 4.78 is 0. The van der Waals surface area contributed by atoms with Crippen molar-refractivity contribution in [3.8, 4) is 17.2 Å². The van der Waals surface area contributed by atoms with Gasteiger partial charge < -0.3 is 15.3 Å². The predicted octanol–water partition coefficient (Wildman–Crippen LogP) is 4.56. The van der Waals surface area contributed by atoms with Crippen LogP contribution >= 0.6 is 0 Å². The highest BCUT2D eigenvalue weighted by molar-refractivity contribution is 5.78. The van der Waals surface area contributed by atoms with Crippen LogP contribution in [0.5, 0.6) is 17.2 Å². The van der Waals surface area contributed by atoms with E-state index >= 15 is 0 Å². The van der Waals surface area contributed by atoms with E-state index in [1.807, 2.05) is 13.0 Å². The Morgan fingerprint density at radius 3 is 2.23 bits per heavy atom. The SMILES string of the molecule is C=C(C)C=Cc1c(O)cc(O)cc1/C=C/c1ccc(O)cc1. The Hall–Kier alpha value is -2.94. The van der Waals surface area contributed by atoms with Gasteiger partial charge in [0.05, 0.1) is 0 Å². The highest BCUT2D eigenvalue weighted by atomic mass is 16.3. The van der Waals surface area contributed by atoms with Crippen molar-refractivity contribution in [2.24, 2.45) is 0 Å². The molecule has 3 heteroatoms. The van der Waals surface area contributed by atoms with Gasteiger partial charge in [-0.2, -0.15) is 0 Å². The molecule has 3 N–H and O–H groups in total. The maximum atomic E-state index is 10.0. The maximum Gasteiger partial charge on any atom is 0.127 e. The van der Waals surface area contributed by atoms with Crippen LogP contribution in [0.1, 0.15) is 23.6 Å². The van der Waals surface area contributed by atoms with Crippen molar-refractivity contribution < 1.29 is 15.3 Å². The predicted molar refractivity (Wildman–Crippen MR) is 90.7 cm³/mol. The number of allylic oxidation sites excluding steroid dienone is 2. The topological polar surface area (TPSA) is 60.7 Å². The molecule has 0 unspecified atom stereocenters. The van der Waals surface area contributed by atoms with Crippen LogP contribution in [0.15, 0.2) is 54.6 Å². The van der Waals surface area contributed by atoms with Gasteiger partial charge in [-0.15, -0.1) is 0 Å². The quantitative estimate of drug-likeness (QED) is 0.572. The van der Waals surface area contributed by atoms with E-state index in [1.54, 1.807) is 48.6 Å². The summed E-state index contributed by atoms with van der Waals surface area (Å²) in [5.41, 5.74) is 3.05. The lowest BCUT2D eigenvalue weighted by atomic mass is 10.0. The summed E-state index contributed by atoms with van der Waals surface area (Å²) in [6.07, 6.45) is 7.19. The van der Waals surface area contributed by atoms with E-state index in [9.17, 15) is 15.3 Å². The summed E-state index contributed by atoms with van der Waals surface area (Å²) in [6.45, 7) is 5.65. The van der Waals surface area contributed by atoms with Crippen LogP contribution in [0.3, 0.4) is 0 Å². The molecule has 0 radical (unpaired) electrons. The lowest BCUT2D eigenvalue weighted by molar-refractivity contribution is 0.449. The number of rotatable bonds is 4. The van der Waals surface area contributed by atoms with Crippen molar-refractivity contribution in [2.75, 3.05) is 0 Å². The molecule has 0 bridgehead atoms. The second-order valence-corrected chi connectivity index (χ2v) is 5.07. The number of aromatic hydroxyl groups is 3. The summed E-state index contributed by atoms with van der Waals surface area (Å²) in [7, 11) is 0. The molecular formula is C19H18O3. The fourth-order valence-corrected chi connectivity index (χ4v) is 1.96. The molecule has 0 fully saturated rings. The molecule has 22 heavy (non-hydrogen) atoms. The van der Waals surface area contributed by atoms with Crippen molar-refractivity contribution in [1.82, 2.24) is 0 Å². The molecule has 0 amide bonds. The first-order valence-electron chi connectivity index (χ1n) is 6.82. The minimum atomic E-state index is -0.00432. The van der Waals surface area contributed by atoms with Crippen molar-refractivity contribution in [3.63, 3.8) is 0 Å². The Morgan fingerprint density at radius 1 is 0.909 bits per heavy atom. The van der Waals surface area contributed by atoms with Gasteiger partial charge >= 0.3 is 0 Å². The van der Waals surface area contributed by atoms with Crippen LogP contribution in [0, 0.1) is 0 Å². The zero-order chi connectivity index (χ0) is 16.1. The average Bonchev–Trinajstić information content (AvgIpc) is 2.45. The van der Waals surface area contributed by atoms with Gasteiger partial charge in [-0.3, -0.25) is 0 Å². The monoisotopic (exact) mass is 294 g/mol. The van der Waals surface area contributed by atoms with Crippen LogP contribution < -0.4 is 0 Å². The average molecular weight is 294 g/mol. The smallest absolute Gasteiger partial charge is 0.127 e. The molecule has 112 valence electrons. The first-order valence-corrected chi connectivity index (χ1v) is 6.82. The third-order valence-electron chi connectivity index (χ3n) is 3.06. The van der Waals surface area contributed by atoms with Gasteiger partial charge in [0.25, 0.3) is 0 Å². The highest BCUT2D eigenvalue weighted by Gasteiger charge is 2.05. The molecule has 0 atom stereocenters. The summed E-state index contributed by atoms with van der Waals surface area (Å²) in [5.74, 6) is 0.204. The second-order valence-electron chi connectivity index (χ2n) is 5.07. The molecule has 0 saturated heterocycles. The zero-order valence-electron chi connectivity index (χ0n) is 12.3. The van der Waals surface area contributed by atoms with Gasteiger partial charge in [-0.25, -0.2) is 0 Å². The molecule has 2 rings (SSSR count). The normalized spacial score (nSPS) is 11.3. The minimum absolute atomic E-state index is 0.00264. The minimum Gasteiger partial charge on any atom is -0.508 e. The van der Waals surface area contributed by atoms with Gasteiger partial charge in [0.1, 0.15) is 17.2 Å². The van der Waals surface area contributed by atoms with Crippen LogP contribution in [0.2, 0.25) is 0 Å². The van der Waals surface area contributed by atoms with Gasteiger partial charge in [0, 0.05) is 11.6 Å². The Kier molecular flexibility index (Phi) is 4.69. The molecule has 2 aromatic carbocycles. The molecule has 0 saturated carbocycles. The first kappa shape index (κ1) is 15.4. The van der Waals surface area contributed by atoms with E-state index in [2.05, 4.69) is 6.58 Å². The Labute approximate surface area is 129 Å². The van der Waals surface area contributed by atoms with Crippen molar-refractivity contribution in [2.45, 2.75) is 6.92 Å². The summed E-state index contributed by atoms with van der Waals surface area (Å²) in [6, 6.07) is 9.63. The molecule has 2 aromatic rings. The molecule has 0 spiro atoms. The number of hydrogen-bond acceptors (Lipinski definition) is 3. The lowest BCUT2D eigenvalue weighted by Crippen LogP contribution is -1.83. The van der Waals surface area contributed by atoms with E-state index in [0.29, 0.717) is 11.1 Å². The van der Waals surface area contributed by atoms with Crippen molar-refractivity contribution in [3.05, 3.63) is 71.3 Å². The third-order valence-corrected chi connectivity index (χ3v) is 3.06. The zero-order valence-corrected chi connectivity index (χ0v) is 12.3. The van der Waals surface area contributed by atoms with E-state index < -0.39 is 0 Å². The third kappa shape index (κ3) is 4.03. The van der Waals surface area contributed by atoms with Crippen LogP contribution in [0.4, 0.5) is 0 Å². The lowest BCUT2D eigenvalue weighted by Gasteiger charge is -2.06. The summed E-state index contributed by atoms with van der Waals surface area (Å²) in [4.78, 5) is 0. The van der Waals surface area contributed by atoms with Crippen molar-refractivity contribution >= 4 is 18.2 Å². The van der Waals surface area contributed by atoms with E-state index in [0.717, 1.165) is 11.1 Å². The Bertz CT molecular complexity index is 738. The largest absolute Gasteiger partial charge is 0.508 e. The number of benzene rings is 2. The molecular weight excluding hydrogens is 276 g/mol. The second kappa shape index (κ2) is 6.68. The highest BCUT2D eigenvalue weighted by Crippen LogP contribution is 2.30. The fraction of sp³-hybridized carbons (Fsp3) is 0.0526. The Balaban J connectivity index is 2.40. The van der Waals surface area contributed by atoms with E-state index in [-0.39, 0.29) is 17.2 Å². The molecule has 0 aliphatic carbocycles.